The van der Waals surface area contributed by atoms with Crippen molar-refractivity contribution >= 4 is 80.3 Å². The molecule has 6 aromatic carbocycles. The lowest BCUT2D eigenvalue weighted by Crippen LogP contribution is -2.22. The first-order chi connectivity index (χ1) is 63.0. The van der Waals surface area contributed by atoms with E-state index in [4.69, 9.17) is 22.9 Å². The van der Waals surface area contributed by atoms with Gasteiger partial charge >= 0.3 is 0 Å². The summed E-state index contributed by atoms with van der Waals surface area (Å²) in [6, 6.07) is 78.2. The average Bonchev–Trinajstić information content (AvgIpc) is 1.67. The smallest absolute Gasteiger partial charge is 0.261 e. The van der Waals surface area contributed by atoms with E-state index in [1.165, 1.54) is 35.6 Å². The van der Waals surface area contributed by atoms with Crippen molar-refractivity contribution < 1.29 is 14.7 Å². The zero-order valence-electron chi connectivity index (χ0n) is 70.4. The highest BCUT2D eigenvalue weighted by molar-refractivity contribution is 14.1. The van der Waals surface area contributed by atoms with Crippen LogP contribution in [0.5, 0.6) is 0 Å². The number of aliphatic hydroxyl groups excluding tert-OH is 1. The Balaban J connectivity index is 0.000000134. The maximum absolute atomic E-state index is 12.2. The van der Waals surface area contributed by atoms with Crippen LogP contribution in [-0.2, 0) is 26.2 Å². The number of rotatable bonds is 19. The third-order valence-corrected chi connectivity index (χ3v) is 23.2. The highest BCUT2D eigenvalue weighted by atomic mass is 127. The third kappa shape index (κ3) is 22.6. The summed E-state index contributed by atoms with van der Waals surface area (Å²) < 4.78 is 21.9. The first-order valence-corrected chi connectivity index (χ1v) is 43.4. The number of azide groups is 1. The second-order valence-electron chi connectivity index (χ2n) is 28.5. The molecule has 30 nitrogen and oxygen atoms in total. The zero-order valence-corrected chi connectivity index (χ0v) is 76.3. The number of nitrogens with two attached hydrogens (primary N) is 1. The van der Waals surface area contributed by atoms with Crippen LogP contribution in [0.4, 0.5) is 0 Å². The van der Waals surface area contributed by atoms with Gasteiger partial charge < -0.3 is 39.0 Å². The van der Waals surface area contributed by atoms with Gasteiger partial charge in [0, 0.05) is 178 Å². The molecule has 0 aliphatic heterocycles. The molecular formula is C96H82ClI2N21O9S. The van der Waals surface area contributed by atoms with Crippen molar-refractivity contribution in [3.63, 3.8) is 0 Å². The fourth-order valence-electron chi connectivity index (χ4n) is 13.4. The number of hydrogen-bond donors (Lipinski definition) is 3. The lowest BCUT2D eigenvalue weighted by Gasteiger charge is -2.09. The van der Waals surface area contributed by atoms with Gasteiger partial charge in [-0.15, -0.1) is 11.3 Å². The number of amides is 1. The molecule has 0 fully saturated rings. The molecule has 12 heterocycles. The van der Waals surface area contributed by atoms with E-state index in [0.717, 1.165) is 122 Å². The number of benzene rings is 6. The molecule has 0 radical (unpaired) electrons. The molecule has 1 amide bonds. The van der Waals surface area contributed by atoms with E-state index in [2.05, 4.69) is 85.4 Å². The fourth-order valence-corrected chi connectivity index (χ4v) is 15.2. The molecule has 18 rings (SSSR count). The van der Waals surface area contributed by atoms with E-state index in [9.17, 15) is 43.5 Å². The summed E-state index contributed by atoms with van der Waals surface area (Å²) in [4.78, 5) is 118. The Labute approximate surface area is 779 Å². The van der Waals surface area contributed by atoms with E-state index in [1.54, 1.807) is 151 Å². The number of aldehydes is 1. The maximum atomic E-state index is 12.2. The SMILES string of the molecule is Cc1c(C=O)ncn1-c1ccc(-n2ccccc2=O)cc1.Cc1c(CN)ncn1-c1ccc(-n2ccccc2=O)cc1.Cc1c(CN=[N+]=[N-])ncn1-c1ccc(-n2ccccc2=O)cc1.Cc1c(CNC(=O)c2ccc(Cl)s2)ncn1-c1ccc(-n2ccccc2=O)cc1.Cc1c(CO)ncn1-c1ccc(-n2ccccc2=O)cc1.O=c1cc(I)ccn1-c1ccc(I)cc1. The Hall–Kier alpha value is -15.1. The largest absolute Gasteiger partial charge is 0.390 e. The Morgan fingerprint density at radius 1 is 0.400 bits per heavy atom. The number of carbonyl (C=O) groups excluding carboxylic acids is 2. The number of halogens is 3. The van der Waals surface area contributed by atoms with Crippen molar-refractivity contribution in [1.29, 1.82) is 0 Å². The number of aliphatic hydroxyl groups is 1. The Morgan fingerprint density at radius 3 is 1.02 bits per heavy atom. The summed E-state index contributed by atoms with van der Waals surface area (Å²) in [7, 11) is 0. The molecule has 0 saturated carbocycles. The van der Waals surface area contributed by atoms with Gasteiger partial charge in [-0.3, -0.25) is 65.8 Å². The number of thiophene rings is 1. The first-order valence-electron chi connectivity index (χ1n) is 40.0. The maximum Gasteiger partial charge on any atom is 0.261 e. The molecule has 0 unspecified atom stereocenters. The van der Waals surface area contributed by atoms with Crippen molar-refractivity contribution in [3.05, 3.63) is 476 Å². The summed E-state index contributed by atoms with van der Waals surface area (Å²) in [5.41, 5.74) is 31.4. The molecule has 34 heteroatoms. The lowest BCUT2D eigenvalue weighted by atomic mass is 10.2. The minimum absolute atomic E-state index is 0.00288. The van der Waals surface area contributed by atoms with Crippen molar-refractivity contribution in [2.24, 2.45) is 10.8 Å². The van der Waals surface area contributed by atoms with Crippen LogP contribution in [-0.4, -0.2) is 92.5 Å². The highest BCUT2D eigenvalue weighted by Crippen LogP contribution is 2.25. The molecule has 130 heavy (non-hydrogen) atoms. The van der Waals surface area contributed by atoms with E-state index in [0.29, 0.717) is 33.7 Å². The van der Waals surface area contributed by atoms with Crippen molar-refractivity contribution in [2.75, 3.05) is 0 Å². The fraction of sp³-hybridized carbons (Fsp3) is 0.0938. The normalized spacial score (nSPS) is 10.6. The van der Waals surface area contributed by atoms with Crippen LogP contribution in [0.25, 0.3) is 73.0 Å². The standard InChI is InChI=1S/C21H17ClN4O2S.C16H14N6O.C16H16N4O.C16H15N3O2.C16H13N3O2.C11H7I2NO/c1-14-17(12-23-21(28)18-9-10-19(22)29-18)24-13-26(14)16-7-5-15(6-8-16)25-11-3-2-4-20(25)27;1-12-15(10-19-20-17)18-11-22(12)14-7-5-13(6-8-14)21-9-3-2-4-16(21)23;1-12-15(10-17)18-11-20(12)14-7-5-13(6-8-14)19-9-3-2-4-16(19)21;2*1-12-15(10-20)17-11-19(12)14-7-5-13(6-8-14)18-9-3-2-4-16(18)21;12-8-1-3-10(4-2-8)14-6-5-9(13)7-11(14)15/h2-11,13H,12H2,1H3,(H,23,28);2-9,11H,10H2,1H3;2-9,11H,10,17H2,1H3;2-9,11,20H,10H2,1H3;2-11H,1H3;1-7H. The molecule has 0 aliphatic carbocycles. The molecule has 12 aromatic heterocycles. The summed E-state index contributed by atoms with van der Waals surface area (Å²) >= 11 is 11.5. The molecular weight excluding hydrogens is 1910 g/mol. The molecule has 0 saturated heterocycles. The predicted octanol–water partition coefficient (Wildman–Crippen LogP) is 15.9. The van der Waals surface area contributed by atoms with Gasteiger partial charge in [0.15, 0.2) is 6.29 Å². The van der Waals surface area contributed by atoms with Crippen LogP contribution in [0.15, 0.2) is 364 Å². The molecule has 4 N–H and O–H groups in total. The van der Waals surface area contributed by atoms with Gasteiger partial charge in [-0.25, -0.2) is 24.9 Å². The second-order valence-corrected chi connectivity index (χ2v) is 32.7. The third-order valence-electron chi connectivity index (χ3n) is 20.6. The van der Waals surface area contributed by atoms with Crippen LogP contribution in [0.1, 0.15) is 71.4 Å². The number of nitrogens with zero attached hydrogens (tertiary/aromatic N) is 19. The molecule has 0 spiro atoms. The number of hydrogen-bond acceptors (Lipinski definition) is 17. The van der Waals surface area contributed by atoms with Crippen LogP contribution in [0.2, 0.25) is 4.34 Å². The minimum Gasteiger partial charge on any atom is -0.390 e. The minimum atomic E-state index is -0.173. The Morgan fingerprint density at radius 2 is 0.708 bits per heavy atom. The number of carbonyl (C=O) groups is 2. The van der Waals surface area contributed by atoms with Gasteiger partial charge in [0.25, 0.3) is 39.3 Å². The summed E-state index contributed by atoms with van der Waals surface area (Å²) in [5, 5.41) is 15.6. The van der Waals surface area contributed by atoms with Crippen LogP contribution >= 0.6 is 68.1 Å². The first kappa shape index (κ1) is 92.6. The topological polar surface area (TPSA) is 362 Å². The monoisotopic (exact) mass is 1990 g/mol. The molecule has 0 aliphatic rings. The highest BCUT2D eigenvalue weighted by Gasteiger charge is 2.17. The van der Waals surface area contributed by atoms with Gasteiger partial charge in [-0.05, 0) is 279 Å². The van der Waals surface area contributed by atoms with E-state index < -0.39 is 0 Å². The van der Waals surface area contributed by atoms with Gasteiger partial charge in [0.2, 0.25) is 0 Å². The van der Waals surface area contributed by atoms with E-state index in [1.807, 2.05) is 239 Å². The van der Waals surface area contributed by atoms with E-state index >= 15 is 0 Å². The summed E-state index contributed by atoms with van der Waals surface area (Å²) in [5.74, 6) is -0.173. The van der Waals surface area contributed by atoms with E-state index in [-0.39, 0.29) is 52.4 Å². The predicted molar refractivity (Wildman–Crippen MR) is 520 cm³/mol. The second kappa shape index (κ2) is 43.9. The van der Waals surface area contributed by atoms with Gasteiger partial charge in [-0.2, -0.15) is 0 Å². The summed E-state index contributed by atoms with van der Waals surface area (Å²) in [6.45, 7) is 10.5. The van der Waals surface area contributed by atoms with Gasteiger partial charge in [0.1, 0.15) is 12.0 Å². The number of imidazole rings is 5. The zero-order chi connectivity index (χ0) is 91.9. The van der Waals surface area contributed by atoms with Crippen LogP contribution < -0.4 is 44.4 Å². The van der Waals surface area contributed by atoms with Crippen LogP contribution in [0, 0.1) is 41.8 Å². The average molecular weight is 2000 g/mol. The Bertz CT molecular complexity index is 7290. The van der Waals surface area contributed by atoms with Crippen LogP contribution in [0.3, 0.4) is 0 Å². The molecule has 0 bridgehead atoms. The summed E-state index contributed by atoms with van der Waals surface area (Å²) in [6.07, 6.45) is 19.7. The molecule has 0 atom stereocenters. The number of aromatic nitrogens is 16. The molecule has 652 valence electrons. The van der Waals surface area contributed by atoms with Gasteiger partial charge in [-0.1, -0.05) is 47.0 Å². The lowest BCUT2D eigenvalue weighted by molar-refractivity contribution is 0.0954. The van der Waals surface area contributed by atoms with Crippen molar-refractivity contribution in [2.45, 2.75) is 60.9 Å². The number of pyridine rings is 6. The molecule has 18 aromatic rings. The van der Waals surface area contributed by atoms with Crippen molar-refractivity contribution in [3.8, 4) is 62.6 Å². The number of nitrogens with one attached hydrogen (secondary N) is 1. The Kier molecular flexibility index (Phi) is 31.2. The van der Waals surface area contributed by atoms with Gasteiger partial charge in [0.05, 0.1) is 82.7 Å². The van der Waals surface area contributed by atoms with Crippen molar-refractivity contribution in [1.82, 2.24) is 80.5 Å². The quantitative estimate of drug-likeness (QED) is 0.0223.